The van der Waals surface area contributed by atoms with Gasteiger partial charge in [-0.2, -0.15) is 0 Å². The normalized spacial score (nSPS) is 9.38. The van der Waals surface area contributed by atoms with E-state index in [0.717, 1.165) is 0 Å². The number of ether oxygens (including phenoxy) is 1. The van der Waals surface area contributed by atoms with E-state index in [2.05, 4.69) is 10.1 Å². The Morgan fingerprint density at radius 3 is 2.92 bits per heavy atom. The first kappa shape index (κ1) is 9.67. The fraction of sp³-hybridized carbons (Fsp3) is 0.125. The lowest BCUT2D eigenvalue weighted by Crippen LogP contribution is -2.12. The van der Waals surface area contributed by atoms with E-state index in [0.29, 0.717) is 16.4 Å². The summed E-state index contributed by atoms with van der Waals surface area (Å²) in [6.45, 7) is 0. The minimum Gasteiger partial charge on any atom is -0.453 e. The minimum absolute atomic E-state index is 0.440. The Kier molecular flexibility index (Phi) is 2.97. The Hall–Kier alpha value is -1.42. The van der Waals surface area contributed by atoms with E-state index in [-0.39, 0.29) is 0 Å². The molecule has 0 fully saturated rings. The maximum absolute atomic E-state index is 10.8. The molecule has 0 saturated heterocycles. The molecule has 4 nitrogen and oxygen atoms in total. The quantitative estimate of drug-likeness (QED) is 0.683. The maximum atomic E-state index is 10.8. The highest BCUT2D eigenvalue weighted by Gasteiger charge is 2.04. The number of benzene rings is 1. The van der Waals surface area contributed by atoms with Crippen molar-refractivity contribution in [3.05, 3.63) is 23.2 Å². The Morgan fingerprint density at radius 1 is 1.62 bits per heavy atom. The summed E-state index contributed by atoms with van der Waals surface area (Å²) in [5.41, 5.74) is 6.45. The van der Waals surface area contributed by atoms with Crippen molar-refractivity contribution in [2.45, 2.75) is 0 Å². The molecule has 0 aliphatic heterocycles. The molecule has 1 amide bonds. The minimum atomic E-state index is -0.575. The van der Waals surface area contributed by atoms with Gasteiger partial charge in [0.15, 0.2) is 0 Å². The number of carbonyl (C=O) groups excluding carboxylic acids is 1. The van der Waals surface area contributed by atoms with Crippen LogP contribution < -0.4 is 11.1 Å². The van der Waals surface area contributed by atoms with E-state index in [9.17, 15) is 4.79 Å². The molecular weight excluding hydrogens is 192 g/mol. The molecule has 0 aliphatic carbocycles. The molecule has 0 radical (unpaired) electrons. The van der Waals surface area contributed by atoms with Crippen molar-refractivity contribution in [2.24, 2.45) is 0 Å². The summed E-state index contributed by atoms with van der Waals surface area (Å²) in [6.07, 6.45) is -0.575. The van der Waals surface area contributed by atoms with Gasteiger partial charge in [0, 0.05) is 5.02 Å². The third-order valence-electron chi connectivity index (χ3n) is 1.44. The molecule has 1 aromatic carbocycles. The molecular formula is C8H9ClN2O2. The smallest absolute Gasteiger partial charge is 0.411 e. The summed E-state index contributed by atoms with van der Waals surface area (Å²) >= 11 is 5.70. The monoisotopic (exact) mass is 200 g/mol. The van der Waals surface area contributed by atoms with Crippen LogP contribution in [-0.2, 0) is 4.74 Å². The van der Waals surface area contributed by atoms with Crippen LogP contribution in [0.15, 0.2) is 18.2 Å². The first-order chi connectivity index (χ1) is 6.13. The third-order valence-corrected chi connectivity index (χ3v) is 1.67. The second-order valence-corrected chi connectivity index (χ2v) is 2.78. The van der Waals surface area contributed by atoms with Gasteiger partial charge in [-0.15, -0.1) is 0 Å². The fourth-order valence-corrected chi connectivity index (χ4v) is 0.970. The Morgan fingerprint density at radius 2 is 2.31 bits per heavy atom. The number of carbonyl (C=O) groups is 1. The number of nitrogens with two attached hydrogens (primary N) is 1. The van der Waals surface area contributed by atoms with E-state index >= 15 is 0 Å². The molecule has 13 heavy (non-hydrogen) atoms. The summed E-state index contributed by atoms with van der Waals surface area (Å²) in [6, 6.07) is 4.79. The molecule has 0 heterocycles. The first-order valence-corrected chi connectivity index (χ1v) is 3.91. The van der Waals surface area contributed by atoms with Crippen LogP contribution in [0.4, 0.5) is 16.2 Å². The van der Waals surface area contributed by atoms with Gasteiger partial charge in [-0.25, -0.2) is 4.79 Å². The average Bonchev–Trinajstić information content (AvgIpc) is 2.11. The summed E-state index contributed by atoms with van der Waals surface area (Å²) in [7, 11) is 1.27. The van der Waals surface area contributed by atoms with E-state index in [1.807, 2.05) is 0 Å². The van der Waals surface area contributed by atoms with Crippen molar-refractivity contribution in [3.63, 3.8) is 0 Å². The molecule has 3 N–H and O–H groups in total. The number of anilines is 2. The van der Waals surface area contributed by atoms with Crippen LogP contribution in [0.5, 0.6) is 0 Å². The molecule has 0 unspecified atom stereocenters. The van der Waals surface area contributed by atoms with Crippen molar-refractivity contribution in [2.75, 3.05) is 18.2 Å². The van der Waals surface area contributed by atoms with Crippen molar-refractivity contribution < 1.29 is 9.53 Å². The van der Waals surface area contributed by atoms with Gasteiger partial charge in [0.1, 0.15) is 0 Å². The highest BCUT2D eigenvalue weighted by Crippen LogP contribution is 2.22. The van der Waals surface area contributed by atoms with Gasteiger partial charge < -0.3 is 10.5 Å². The third kappa shape index (κ3) is 2.52. The van der Waals surface area contributed by atoms with Gasteiger partial charge in [-0.3, -0.25) is 5.32 Å². The standard InChI is InChI=1S/C8H9ClN2O2/c1-13-8(12)11-7-4-5(9)2-3-6(7)10/h2-4H,10H2,1H3,(H,11,12). The van der Waals surface area contributed by atoms with Crippen molar-refractivity contribution in [1.29, 1.82) is 0 Å². The van der Waals surface area contributed by atoms with Gasteiger partial charge in [-0.1, -0.05) is 11.6 Å². The molecule has 1 aromatic rings. The van der Waals surface area contributed by atoms with Crippen LogP contribution in [0.1, 0.15) is 0 Å². The van der Waals surface area contributed by atoms with Crippen molar-refractivity contribution in [1.82, 2.24) is 0 Å². The predicted molar refractivity (Wildman–Crippen MR) is 51.9 cm³/mol. The van der Waals surface area contributed by atoms with Gasteiger partial charge in [0.2, 0.25) is 0 Å². The number of methoxy groups -OCH3 is 1. The molecule has 5 heteroatoms. The molecule has 0 bridgehead atoms. The second kappa shape index (κ2) is 4.00. The van der Waals surface area contributed by atoms with E-state index in [4.69, 9.17) is 17.3 Å². The first-order valence-electron chi connectivity index (χ1n) is 3.53. The van der Waals surface area contributed by atoms with Crippen molar-refractivity contribution >= 4 is 29.1 Å². The summed E-state index contributed by atoms with van der Waals surface area (Å²) in [5.74, 6) is 0. The van der Waals surface area contributed by atoms with E-state index in [1.165, 1.54) is 7.11 Å². The lowest BCUT2D eigenvalue weighted by Gasteiger charge is -2.06. The molecule has 1 rings (SSSR count). The predicted octanol–water partition coefficient (Wildman–Crippen LogP) is 2.10. The number of hydrogen-bond donors (Lipinski definition) is 2. The van der Waals surface area contributed by atoms with E-state index < -0.39 is 6.09 Å². The zero-order valence-electron chi connectivity index (χ0n) is 7.00. The molecule has 0 saturated carbocycles. The molecule has 0 atom stereocenters. The fourth-order valence-electron chi connectivity index (χ4n) is 0.798. The van der Waals surface area contributed by atoms with Gasteiger partial charge >= 0.3 is 6.09 Å². The topological polar surface area (TPSA) is 64.3 Å². The number of halogens is 1. The highest BCUT2D eigenvalue weighted by molar-refractivity contribution is 6.31. The second-order valence-electron chi connectivity index (χ2n) is 2.35. The van der Waals surface area contributed by atoms with E-state index in [1.54, 1.807) is 18.2 Å². The number of hydrogen-bond acceptors (Lipinski definition) is 3. The number of nitrogens with one attached hydrogen (secondary N) is 1. The Labute approximate surface area is 80.6 Å². The van der Waals surface area contributed by atoms with Crippen LogP contribution >= 0.6 is 11.6 Å². The lowest BCUT2D eigenvalue weighted by molar-refractivity contribution is 0.187. The summed E-state index contributed by atoms with van der Waals surface area (Å²) in [4.78, 5) is 10.8. The highest BCUT2D eigenvalue weighted by atomic mass is 35.5. The maximum Gasteiger partial charge on any atom is 0.411 e. The molecule has 0 aromatic heterocycles. The zero-order valence-corrected chi connectivity index (χ0v) is 7.76. The van der Waals surface area contributed by atoms with Gasteiger partial charge in [0.05, 0.1) is 18.5 Å². The molecule has 0 aliphatic rings. The lowest BCUT2D eigenvalue weighted by atomic mass is 10.3. The Bertz CT molecular complexity index is 328. The van der Waals surface area contributed by atoms with Crippen LogP contribution in [0.2, 0.25) is 5.02 Å². The average molecular weight is 201 g/mol. The van der Waals surface area contributed by atoms with Crippen LogP contribution in [0, 0.1) is 0 Å². The number of amides is 1. The zero-order chi connectivity index (χ0) is 9.84. The molecule has 70 valence electrons. The Balaban J connectivity index is 2.87. The van der Waals surface area contributed by atoms with Crippen LogP contribution in [-0.4, -0.2) is 13.2 Å². The van der Waals surface area contributed by atoms with Crippen LogP contribution in [0.25, 0.3) is 0 Å². The SMILES string of the molecule is COC(=O)Nc1cc(Cl)ccc1N. The van der Waals surface area contributed by atoms with Gasteiger partial charge in [-0.05, 0) is 18.2 Å². The number of rotatable bonds is 1. The largest absolute Gasteiger partial charge is 0.453 e. The van der Waals surface area contributed by atoms with Gasteiger partial charge in [0.25, 0.3) is 0 Å². The number of nitrogen functional groups attached to an aromatic ring is 1. The molecule has 0 spiro atoms. The summed E-state index contributed by atoms with van der Waals surface area (Å²) in [5, 5.41) is 2.93. The van der Waals surface area contributed by atoms with Crippen LogP contribution in [0.3, 0.4) is 0 Å². The summed E-state index contributed by atoms with van der Waals surface area (Å²) < 4.78 is 4.40. The van der Waals surface area contributed by atoms with Crippen molar-refractivity contribution in [3.8, 4) is 0 Å².